The number of hydrogen-bond donors (Lipinski definition) is 2. The van der Waals surface area contributed by atoms with Crippen LogP contribution in [0.1, 0.15) is 49.9 Å². The fourth-order valence-electron chi connectivity index (χ4n) is 2.79. The SMILES string of the molecule is c1c(C2CCCCN2)nnn1C1CCCNC1. The highest BCUT2D eigenvalue weighted by Crippen LogP contribution is 2.22. The molecule has 5 heteroatoms. The molecule has 2 unspecified atom stereocenters. The average molecular weight is 235 g/mol. The second-order valence-electron chi connectivity index (χ2n) is 5.13. The van der Waals surface area contributed by atoms with Crippen LogP contribution in [0.3, 0.4) is 0 Å². The highest BCUT2D eigenvalue weighted by molar-refractivity contribution is 5.02. The third kappa shape index (κ3) is 2.50. The van der Waals surface area contributed by atoms with Crippen LogP contribution in [0, 0.1) is 0 Å². The van der Waals surface area contributed by atoms with E-state index in [9.17, 15) is 0 Å². The maximum Gasteiger partial charge on any atom is 0.0996 e. The molecule has 2 fully saturated rings. The Morgan fingerprint density at radius 1 is 1.18 bits per heavy atom. The van der Waals surface area contributed by atoms with Crippen molar-refractivity contribution < 1.29 is 0 Å². The van der Waals surface area contributed by atoms with Gasteiger partial charge in [0.25, 0.3) is 0 Å². The van der Waals surface area contributed by atoms with Crippen LogP contribution in [0.25, 0.3) is 0 Å². The number of piperidine rings is 2. The van der Waals surface area contributed by atoms with Crippen molar-refractivity contribution >= 4 is 0 Å². The molecule has 0 amide bonds. The van der Waals surface area contributed by atoms with Crippen molar-refractivity contribution in [2.75, 3.05) is 19.6 Å². The number of nitrogens with zero attached hydrogens (tertiary/aromatic N) is 3. The molecule has 2 atom stereocenters. The van der Waals surface area contributed by atoms with E-state index < -0.39 is 0 Å². The van der Waals surface area contributed by atoms with Gasteiger partial charge >= 0.3 is 0 Å². The minimum absolute atomic E-state index is 0.425. The monoisotopic (exact) mass is 235 g/mol. The van der Waals surface area contributed by atoms with Gasteiger partial charge in [0, 0.05) is 6.54 Å². The van der Waals surface area contributed by atoms with Crippen LogP contribution in [-0.2, 0) is 0 Å². The molecule has 2 aliphatic rings. The van der Waals surface area contributed by atoms with Gasteiger partial charge in [-0.05, 0) is 38.8 Å². The zero-order chi connectivity index (χ0) is 11.5. The van der Waals surface area contributed by atoms with E-state index in [0.29, 0.717) is 12.1 Å². The largest absolute Gasteiger partial charge is 0.315 e. The molecule has 1 aromatic heterocycles. The molecule has 0 spiro atoms. The first-order valence-corrected chi connectivity index (χ1v) is 6.79. The van der Waals surface area contributed by atoms with Crippen molar-refractivity contribution in [1.82, 2.24) is 25.6 Å². The normalized spacial score (nSPS) is 30.4. The van der Waals surface area contributed by atoms with Crippen LogP contribution in [0.2, 0.25) is 0 Å². The topological polar surface area (TPSA) is 54.8 Å². The number of aromatic nitrogens is 3. The lowest BCUT2D eigenvalue weighted by atomic mass is 10.0. The van der Waals surface area contributed by atoms with Gasteiger partial charge in [0.2, 0.25) is 0 Å². The molecule has 94 valence electrons. The quantitative estimate of drug-likeness (QED) is 0.803. The van der Waals surface area contributed by atoms with E-state index in [1.54, 1.807) is 0 Å². The lowest BCUT2D eigenvalue weighted by Gasteiger charge is -2.23. The molecule has 0 saturated carbocycles. The van der Waals surface area contributed by atoms with Gasteiger partial charge in [0.1, 0.15) is 0 Å². The molecule has 0 radical (unpaired) electrons. The summed E-state index contributed by atoms with van der Waals surface area (Å²) in [5, 5.41) is 15.6. The lowest BCUT2D eigenvalue weighted by Crippen LogP contribution is -2.32. The number of rotatable bonds is 2. The number of nitrogens with one attached hydrogen (secondary N) is 2. The molecule has 2 aliphatic heterocycles. The van der Waals surface area contributed by atoms with Gasteiger partial charge in [0.05, 0.1) is 24.0 Å². The third-order valence-electron chi connectivity index (χ3n) is 3.84. The van der Waals surface area contributed by atoms with Gasteiger partial charge in [-0.3, -0.25) is 0 Å². The highest BCUT2D eigenvalue weighted by Gasteiger charge is 2.21. The summed E-state index contributed by atoms with van der Waals surface area (Å²) in [4.78, 5) is 0. The van der Waals surface area contributed by atoms with E-state index in [0.717, 1.165) is 25.3 Å². The standard InChI is InChI=1S/C12H21N5/c1-2-7-14-11(5-1)12-9-17(16-15-12)10-4-3-6-13-8-10/h9-11,13-14H,1-8H2. The van der Waals surface area contributed by atoms with Gasteiger partial charge in [-0.1, -0.05) is 11.6 Å². The van der Waals surface area contributed by atoms with Crippen LogP contribution in [0.15, 0.2) is 6.20 Å². The van der Waals surface area contributed by atoms with Gasteiger partial charge < -0.3 is 10.6 Å². The Bertz CT molecular complexity index is 317. The summed E-state index contributed by atoms with van der Waals surface area (Å²) in [7, 11) is 0. The van der Waals surface area contributed by atoms with Crippen molar-refractivity contribution in [3.05, 3.63) is 11.9 Å². The van der Waals surface area contributed by atoms with Crippen LogP contribution >= 0.6 is 0 Å². The smallest absolute Gasteiger partial charge is 0.0996 e. The van der Waals surface area contributed by atoms with E-state index in [2.05, 4.69) is 31.8 Å². The Morgan fingerprint density at radius 2 is 2.18 bits per heavy atom. The summed E-state index contributed by atoms with van der Waals surface area (Å²) in [5.74, 6) is 0. The Labute approximate surface area is 102 Å². The molecule has 3 rings (SSSR count). The summed E-state index contributed by atoms with van der Waals surface area (Å²) >= 11 is 0. The van der Waals surface area contributed by atoms with E-state index in [1.165, 1.54) is 32.1 Å². The maximum atomic E-state index is 4.34. The molecule has 3 heterocycles. The predicted molar refractivity (Wildman–Crippen MR) is 65.8 cm³/mol. The van der Waals surface area contributed by atoms with Crippen molar-refractivity contribution in [2.24, 2.45) is 0 Å². The first-order valence-electron chi connectivity index (χ1n) is 6.79. The lowest BCUT2D eigenvalue weighted by molar-refractivity contribution is 0.341. The second kappa shape index (κ2) is 5.14. The van der Waals surface area contributed by atoms with E-state index in [1.807, 2.05) is 0 Å². The van der Waals surface area contributed by atoms with E-state index in [-0.39, 0.29) is 0 Å². The van der Waals surface area contributed by atoms with Gasteiger partial charge in [-0.2, -0.15) is 0 Å². The first-order chi connectivity index (χ1) is 8.43. The average Bonchev–Trinajstić information content (AvgIpc) is 2.90. The molecule has 17 heavy (non-hydrogen) atoms. The second-order valence-corrected chi connectivity index (χ2v) is 5.13. The minimum Gasteiger partial charge on any atom is -0.315 e. The van der Waals surface area contributed by atoms with Crippen molar-refractivity contribution in [3.8, 4) is 0 Å². The fraction of sp³-hybridized carbons (Fsp3) is 0.833. The van der Waals surface area contributed by atoms with E-state index >= 15 is 0 Å². The fourth-order valence-corrected chi connectivity index (χ4v) is 2.79. The molecule has 5 nitrogen and oxygen atoms in total. The Kier molecular flexibility index (Phi) is 3.38. The third-order valence-corrected chi connectivity index (χ3v) is 3.84. The van der Waals surface area contributed by atoms with Crippen molar-refractivity contribution in [3.63, 3.8) is 0 Å². The molecule has 0 aromatic carbocycles. The predicted octanol–water partition coefficient (Wildman–Crippen LogP) is 1.02. The Balaban J connectivity index is 1.68. The van der Waals surface area contributed by atoms with Crippen LogP contribution in [0.4, 0.5) is 0 Å². The van der Waals surface area contributed by atoms with Gasteiger partial charge in [0.15, 0.2) is 0 Å². The van der Waals surface area contributed by atoms with Crippen molar-refractivity contribution in [1.29, 1.82) is 0 Å². The first kappa shape index (κ1) is 11.2. The molecule has 2 saturated heterocycles. The summed E-state index contributed by atoms with van der Waals surface area (Å²) in [5.41, 5.74) is 1.12. The molecule has 0 bridgehead atoms. The molecule has 0 aliphatic carbocycles. The van der Waals surface area contributed by atoms with Crippen LogP contribution in [0.5, 0.6) is 0 Å². The summed E-state index contributed by atoms with van der Waals surface area (Å²) < 4.78 is 2.05. The minimum atomic E-state index is 0.425. The van der Waals surface area contributed by atoms with Crippen LogP contribution in [-0.4, -0.2) is 34.6 Å². The van der Waals surface area contributed by atoms with E-state index in [4.69, 9.17) is 0 Å². The van der Waals surface area contributed by atoms with Crippen molar-refractivity contribution in [2.45, 2.75) is 44.2 Å². The van der Waals surface area contributed by atoms with Gasteiger partial charge in [-0.25, -0.2) is 4.68 Å². The Morgan fingerprint density at radius 3 is 2.94 bits per heavy atom. The number of hydrogen-bond acceptors (Lipinski definition) is 4. The zero-order valence-corrected chi connectivity index (χ0v) is 10.2. The summed E-state index contributed by atoms with van der Waals surface area (Å²) in [6.07, 6.45) is 8.38. The summed E-state index contributed by atoms with van der Waals surface area (Å²) in [6, 6.07) is 0.919. The molecular formula is C12H21N5. The molecule has 1 aromatic rings. The van der Waals surface area contributed by atoms with Gasteiger partial charge in [-0.15, -0.1) is 5.10 Å². The maximum absolute atomic E-state index is 4.34. The molecular weight excluding hydrogens is 214 g/mol. The van der Waals surface area contributed by atoms with Crippen LogP contribution < -0.4 is 10.6 Å². The molecule has 2 N–H and O–H groups in total. The zero-order valence-electron chi connectivity index (χ0n) is 10.2. The Hall–Kier alpha value is -0.940. The highest BCUT2D eigenvalue weighted by atomic mass is 15.4. The summed E-state index contributed by atoms with van der Waals surface area (Å²) in [6.45, 7) is 3.28.